The van der Waals surface area contributed by atoms with Gasteiger partial charge in [0, 0.05) is 19.3 Å². The third kappa shape index (κ3) is 2.37. The third-order valence-electron chi connectivity index (χ3n) is 4.87. The largest absolute Gasteiger partial charge is 0.291 e. The zero-order valence-corrected chi connectivity index (χ0v) is 13.4. The first-order valence-electron chi connectivity index (χ1n) is 8.33. The summed E-state index contributed by atoms with van der Waals surface area (Å²) >= 11 is 0. The minimum Gasteiger partial charge on any atom is -0.272 e. The van der Waals surface area contributed by atoms with Crippen molar-refractivity contribution in [1.29, 1.82) is 0 Å². The van der Waals surface area contributed by atoms with Crippen LogP contribution in [0.1, 0.15) is 35.3 Å². The molecule has 2 aliphatic rings. The predicted octanol–water partition coefficient (Wildman–Crippen LogP) is 2.40. The van der Waals surface area contributed by atoms with Gasteiger partial charge < -0.3 is 0 Å². The molecule has 0 N–H and O–H groups in total. The summed E-state index contributed by atoms with van der Waals surface area (Å²) in [5.74, 6) is -0.166. The molecule has 5 nitrogen and oxygen atoms in total. The zero-order valence-electron chi connectivity index (χ0n) is 13.4. The van der Waals surface area contributed by atoms with Gasteiger partial charge in [0.2, 0.25) is 0 Å². The smallest absolute Gasteiger partial charge is 0.272 e. The zero-order chi connectivity index (χ0) is 16.6. The van der Waals surface area contributed by atoms with Gasteiger partial charge >= 0.3 is 0 Å². The highest BCUT2D eigenvalue weighted by Crippen LogP contribution is 2.50. The molecule has 0 radical (unpaired) electrons. The van der Waals surface area contributed by atoms with Crippen LogP contribution in [0.3, 0.4) is 0 Å². The molecule has 2 amide bonds. The number of rotatable bonds is 3. The second-order valence-corrected chi connectivity index (χ2v) is 6.37. The van der Waals surface area contributed by atoms with Gasteiger partial charge in [-0.25, -0.2) is 5.01 Å². The van der Waals surface area contributed by atoms with E-state index in [1.807, 2.05) is 30.3 Å². The van der Waals surface area contributed by atoms with Crippen molar-refractivity contribution < 1.29 is 9.59 Å². The van der Waals surface area contributed by atoms with Gasteiger partial charge in [0.1, 0.15) is 5.69 Å². The molecule has 1 aliphatic heterocycles. The Bertz CT molecular complexity index is 757. The number of amides is 2. The van der Waals surface area contributed by atoms with Gasteiger partial charge in [0.05, 0.1) is 5.41 Å². The fourth-order valence-electron chi connectivity index (χ4n) is 3.41. The number of pyridine rings is 1. The normalized spacial score (nSPS) is 18.5. The number of carbonyl (C=O) groups is 2. The average molecular weight is 321 g/mol. The van der Waals surface area contributed by atoms with E-state index in [2.05, 4.69) is 4.98 Å². The predicted molar refractivity (Wildman–Crippen MR) is 89.0 cm³/mol. The molecule has 5 heteroatoms. The lowest BCUT2D eigenvalue weighted by molar-refractivity contribution is -0.143. The summed E-state index contributed by atoms with van der Waals surface area (Å²) in [5, 5.41) is 3.20. The Balaban J connectivity index is 1.59. The summed E-state index contributed by atoms with van der Waals surface area (Å²) in [6.07, 6.45) is 4.09. The van der Waals surface area contributed by atoms with Crippen LogP contribution in [0.2, 0.25) is 0 Å². The lowest BCUT2D eigenvalue weighted by Crippen LogP contribution is -2.49. The van der Waals surface area contributed by atoms with Crippen molar-refractivity contribution >= 4 is 11.8 Å². The highest BCUT2D eigenvalue weighted by atomic mass is 16.2. The van der Waals surface area contributed by atoms with E-state index in [1.54, 1.807) is 34.4 Å². The van der Waals surface area contributed by atoms with Gasteiger partial charge in [-0.2, -0.15) is 0 Å². The molecule has 0 atom stereocenters. The molecule has 2 heterocycles. The molecule has 1 saturated heterocycles. The molecule has 122 valence electrons. The van der Waals surface area contributed by atoms with Crippen LogP contribution in [0.25, 0.3) is 0 Å². The maximum atomic E-state index is 13.2. The third-order valence-corrected chi connectivity index (χ3v) is 4.87. The van der Waals surface area contributed by atoms with Crippen LogP contribution >= 0.6 is 0 Å². The molecule has 1 aliphatic carbocycles. The quantitative estimate of drug-likeness (QED) is 0.872. The van der Waals surface area contributed by atoms with Gasteiger partial charge in [-0.1, -0.05) is 36.4 Å². The van der Waals surface area contributed by atoms with Crippen LogP contribution in [0.4, 0.5) is 0 Å². The van der Waals surface area contributed by atoms with E-state index >= 15 is 0 Å². The average Bonchev–Trinajstić information content (AvgIpc) is 3.32. The number of hydrazine groups is 1. The maximum absolute atomic E-state index is 13.2. The van der Waals surface area contributed by atoms with Crippen LogP contribution in [0.5, 0.6) is 0 Å². The Morgan fingerprint density at radius 2 is 1.62 bits per heavy atom. The van der Waals surface area contributed by atoms with Crippen molar-refractivity contribution in [3.63, 3.8) is 0 Å². The molecule has 0 unspecified atom stereocenters. The molecule has 0 spiro atoms. The minimum atomic E-state index is -0.450. The number of benzene rings is 1. The van der Waals surface area contributed by atoms with Crippen LogP contribution in [0.15, 0.2) is 54.7 Å². The second-order valence-electron chi connectivity index (χ2n) is 6.37. The SMILES string of the molecule is O=C(c1ccccn1)N1CCCN1C(=O)C1(c2ccccc2)CC1. The summed E-state index contributed by atoms with van der Waals surface area (Å²) in [4.78, 5) is 30.0. The van der Waals surface area contributed by atoms with Gasteiger partial charge in [0.25, 0.3) is 11.8 Å². The van der Waals surface area contributed by atoms with E-state index in [-0.39, 0.29) is 11.8 Å². The molecular weight excluding hydrogens is 302 g/mol. The molecule has 24 heavy (non-hydrogen) atoms. The summed E-state index contributed by atoms with van der Waals surface area (Å²) < 4.78 is 0. The van der Waals surface area contributed by atoms with E-state index in [9.17, 15) is 9.59 Å². The number of hydrogen-bond acceptors (Lipinski definition) is 3. The Labute approximate surface area is 140 Å². The van der Waals surface area contributed by atoms with E-state index in [4.69, 9.17) is 0 Å². The highest BCUT2D eigenvalue weighted by molar-refractivity contribution is 5.97. The first kappa shape index (κ1) is 14.9. The number of carbonyl (C=O) groups excluding carboxylic acids is 2. The number of hydrogen-bond donors (Lipinski definition) is 0. The van der Waals surface area contributed by atoms with Gasteiger partial charge in [-0.15, -0.1) is 0 Å². The Morgan fingerprint density at radius 3 is 2.29 bits per heavy atom. The van der Waals surface area contributed by atoms with Crippen LogP contribution in [0, 0.1) is 0 Å². The molecule has 1 aromatic carbocycles. The molecule has 1 saturated carbocycles. The van der Waals surface area contributed by atoms with Gasteiger partial charge in [-0.3, -0.25) is 19.6 Å². The van der Waals surface area contributed by atoms with Crippen LogP contribution < -0.4 is 0 Å². The van der Waals surface area contributed by atoms with Crippen molar-refractivity contribution in [3.05, 3.63) is 66.0 Å². The summed E-state index contributed by atoms with van der Waals surface area (Å²) in [7, 11) is 0. The topological polar surface area (TPSA) is 53.5 Å². The molecule has 0 bridgehead atoms. The first-order valence-corrected chi connectivity index (χ1v) is 8.33. The monoisotopic (exact) mass is 321 g/mol. The van der Waals surface area contributed by atoms with Crippen molar-refractivity contribution in [3.8, 4) is 0 Å². The van der Waals surface area contributed by atoms with Crippen LogP contribution in [-0.2, 0) is 10.2 Å². The lowest BCUT2D eigenvalue weighted by atomic mass is 9.95. The molecule has 1 aromatic heterocycles. The Morgan fingerprint density at radius 1 is 0.917 bits per heavy atom. The van der Waals surface area contributed by atoms with E-state index in [0.717, 1.165) is 24.8 Å². The molecular formula is C19H19N3O2. The fraction of sp³-hybridized carbons (Fsp3) is 0.316. The summed E-state index contributed by atoms with van der Waals surface area (Å²) in [6.45, 7) is 1.15. The molecule has 4 rings (SSSR count). The summed E-state index contributed by atoms with van der Waals surface area (Å²) in [5.41, 5.74) is 0.975. The van der Waals surface area contributed by atoms with Crippen molar-refractivity contribution in [1.82, 2.24) is 15.0 Å². The second kappa shape index (κ2) is 5.74. The molecule has 2 aromatic rings. The van der Waals surface area contributed by atoms with Gasteiger partial charge in [-0.05, 0) is 37.0 Å². The number of nitrogens with zero attached hydrogens (tertiary/aromatic N) is 3. The van der Waals surface area contributed by atoms with Crippen molar-refractivity contribution in [2.24, 2.45) is 0 Å². The van der Waals surface area contributed by atoms with E-state index < -0.39 is 5.41 Å². The van der Waals surface area contributed by atoms with Crippen molar-refractivity contribution in [2.75, 3.05) is 13.1 Å². The Kier molecular flexibility index (Phi) is 3.56. The maximum Gasteiger partial charge on any atom is 0.291 e. The van der Waals surface area contributed by atoms with Gasteiger partial charge in [0.15, 0.2) is 0 Å². The van der Waals surface area contributed by atoms with E-state index in [1.165, 1.54) is 0 Å². The Hall–Kier alpha value is -2.69. The minimum absolute atomic E-state index is 0.0375. The van der Waals surface area contributed by atoms with Crippen LogP contribution in [-0.4, -0.2) is 39.9 Å². The van der Waals surface area contributed by atoms with E-state index in [0.29, 0.717) is 18.8 Å². The first-order chi connectivity index (χ1) is 11.7. The van der Waals surface area contributed by atoms with Crippen molar-refractivity contribution in [2.45, 2.75) is 24.7 Å². The standard InChI is InChI=1S/C19H19N3O2/c23-17(16-9-4-5-12-20-16)21-13-6-14-22(21)18(24)19(10-11-19)15-7-2-1-3-8-15/h1-5,7-9,12H,6,10-11,13-14H2. The highest BCUT2D eigenvalue weighted by Gasteiger charge is 2.54. The number of aromatic nitrogens is 1. The summed E-state index contributed by atoms with van der Waals surface area (Å²) in [6, 6.07) is 15.1. The lowest BCUT2D eigenvalue weighted by Gasteiger charge is -2.31. The fourth-order valence-corrected chi connectivity index (χ4v) is 3.41. The molecule has 2 fully saturated rings.